The zero-order valence-corrected chi connectivity index (χ0v) is 7.83. The van der Waals surface area contributed by atoms with Crippen LogP contribution in [-0.4, -0.2) is 18.2 Å². The lowest BCUT2D eigenvalue weighted by atomic mass is 10.2. The molecule has 0 amide bonds. The molecule has 1 aromatic rings. The van der Waals surface area contributed by atoms with Gasteiger partial charge in [0.15, 0.2) is 11.6 Å². The fraction of sp³-hybridized carbons (Fsp3) is 0.100. The number of hydrogen-bond donors (Lipinski definition) is 1. The summed E-state index contributed by atoms with van der Waals surface area (Å²) >= 11 is 0. The molecule has 1 rings (SSSR count). The molecule has 0 atom stereocenters. The predicted octanol–water partition coefficient (Wildman–Crippen LogP) is 2.07. The Morgan fingerprint density at radius 3 is 2.60 bits per heavy atom. The standard InChI is InChI=1S/C10H8F2O3/c1-15-7-4-2-6(3-5-8(13)14)9(11)10(7)12/h2-5H,1H3,(H,13,14). The largest absolute Gasteiger partial charge is 0.494 e. The fourth-order valence-electron chi connectivity index (χ4n) is 0.994. The second kappa shape index (κ2) is 4.54. The summed E-state index contributed by atoms with van der Waals surface area (Å²) in [6.07, 6.45) is 1.70. The molecule has 0 aliphatic carbocycles. The first-order valence-corrected chi connectivity index (χ1v) is 3.99. The highest BCUT2D eigenvalue weighted by atomic mass is 19.2. The molecule has 0 saturated heterocycles. The summed E-state index contributed by atoms with van der Waals surface area (Å²) in [5, 5.41) is 8.31. The minimum atomic E-state index is -1.23. The Bertz CT molecular complexity index is 413. The van der Waals surface area contributed by atoms with Crippen molar-refractivity contribution in [3.05, 3.63) is 35.4 Å². The average Bonchev–Trinajstić information content (AvgIpc) is 2.20. The van der Waals surface area contributed by atoms with Crippen molar-refractivity contribution in [1.82, 2.24) is 0 Å². The number of carboxylic acids is 1. The SMILES string of the molecule is COc1ccc(C=CC(=O)O)c(F)c1F. The van der Waals surface area contributed by atoms with Crippen LogP contribution in [-0.2, 0) is 4.79 Å². The fourth-order valence-corrected chi connectivity index (χ4v) is 0.994. The second-order valence-electron chi connectivity index (χ2n) is 2.66. The smallest absolute Gasteiger partial charge is 0.328 e. The average molecular weight is 214 g/mol. The Balaban J connectivity index is 3.12. The highest BCUT2D eigenvalue weighted by Crippen LogP contribution is 2.22. The molecule has 5 heteroatoms. The van der Waals surface area contributed by atoms with Gasteiger partial charge in [-0.3, -0.25) is 0 Å². The number of carbonyl (C=O) groups is 1. The van der Waals surface area contributed by atoms with E-state index in [-0.39, 0.29) is 11.3 Å². The third-order valence-electron chi connectivity index (χ3n) is 1.70. The van der Waals surface area contributed by atoms with E-state index in [0.29, 0.717) is 0 Å². The van der Waals surface area contributed by atoms with Crippen molar-refractivity contribution in [2.75, 3.05) is 7.11 Å². The molecule has 0 radical (unpaired) electrons. The minimum absolute atomic E-state index is 0.143. The zero-order chi connectivity index (χ0) is 11.4. The van der Waals surface area contributed by atoms with Crippen LogP contribution >= 0.6 is 0 Å². The van der Waals surface area contributed by atoms with Crippen LogP contribution in [0.4, 0.5) is 8.78 Å². The first-order valence-electron chi connectivity index (χ1n) is 3.99. The summed E-state index contributed by atoms with van der Waals surface area (Å²) in [5.41, 5.74) is -0.143. The predicted molar refractivity (Wildman–Crippen MR) is 49.6 cm³/mol. The lowest BCUT2D eigenvalue weighted by Gasteiger charge is -2.03. The highest BCUT2D eigenvalue weighted by Gasteiger charge is 2.11. The molecule has 0 fully saturated rings. The van der Waals surface area contributed by atoms with Crippen LogP contribution in [0.15, 0.2) is 18.2 Å². The number of methoxy groups -OCH3 is 1. The van der Waals surface area contributed by atoms with Gasteiger partial charge in [0.05, 0.1) is 7.11 Å². The van der Waals surface area contributed by atoms with E-state index in [2.05, 4.69) is 4.74 Å². The lowest BCUT2D eigenvalue weighted by molar-refractivity contribution is -0.131. The molecule has 0 aromatic heterocycles. The maximum Gasteiger partial charge on any atom is 0.328 e. The number of carboxylic acid groups (broad SMARTS) is 1. The molecule has 0 spiro atoms. The van der Waals surface area contributed by atoms with Crippen molar-refractivity contribution in [3.63, 3.8) is 0 Å². The molecule has 0 bridgehead atoms. The van der Waals surface area contributed by atoms with Crippen molar-refractivity contribution < 1.29 is 23.4 Å². The molecule has 80 valence electrons. The first-order chi connectivity index (χ1) is 7.06. The summed E-state index contributed by atoms with van der Waals surface area (Å²) in [6.45, 7) is 0. The molecule has 1 aromatic carbocycles. The Morgan fingerprint density at radius 2 is 2.07 bits per heavy atom. The van der Waals surface area contributed by atoms with E-state index >= 15 is 0 Å². The number of rotatable bonds is 3. The van der Waals surface area contributed by atoms with Crippen molar-refractivity contribution in [2.45, 2.75) is 0 Å². The van der Waals surface area contributed by atoms with E-state index in [9.17, 15) is 13.6 Å². The Hall–Kier alpha value is -1.91. The van der Waals surface area contributed by atoms with Gasteiger partial charge in [0.1, 0.15) is 0 Å². The van der Waals surface area contributed by atoms with Gasteiger partial charge >= 0.3 is 5.97 Å². The number of aliphatic carboxylic acids is 1. The summed E-state index contributed by atoms with van der Waals surface area (Å²) < 4.78 is 30.9. The molecule has 0 aliphatic rings. The number of hydrogen-bond acceptors (Lipinski definition) is 2. The van der Waals surface area contributed by atoms with Gasteiger partial charge in [-0.15, -0.1) is 0 Å². The van der Waals surface area contributed by atoms with Crippen LogP contribution in [0.1, 0.15) is 5.56 Å². The normalized spacial score (nSPS) is 10.6. The molecule has 0 aliphatic heterocycles. The summed E-state index contributed by atoms with van der Waals surface area (Å²) in [4.78, 5) is 10.2. The van der Waals surface area contributed by atoms with Crippen LogP contribution in [0.2, 0.25) is 0 Å². The molecular formula is C10H8F2O3. The van der Waals surface area contributed by atoms with E-state index < -0.39 is 17.6 Å². The summed E-state index contributed by atoms with van der Waals surface area (Å²) in [5.74, 6) is -3.72. The Morgan fingerprint density at radius 1 is 1.40 bits per heavy atom. The van der Waals surface area contributed by atoms with E-state index in [1.165, 1.54) is 19.2 Å². The van der Waals surface area contributed by atoms with Crippen molar-refractivity contribution in [2.24, 2.45) is 0 Å². The molecule has 0 saturated carbocycles. The maximum atomic E-state index is 13.2. The Labute approximate surface area is 84.6 Å². The first kappa shape index (κ1) is 11.2. The van der Waals surface area contributed by atoms with E-state index in [1.54, 1.807) is 0 Å². The zero-order valence-electron chi connectivity index (χ0n) is 7.83. The van der Waals surface area contributed by atoms with E-state index in [4.69, 9.17) is 5.11 Å². The van der Waals surface area contributed by atoms with Gasteiger partial charge in [-0.1, -0.05) is 0 Å². The molecular weight excluding hydrogens is 206 g/mol. The van der Waals surface area contributed by atoms with Gasteiger partial charge in [-0.25, -0.2) is 9.18 Å². The van der Waals surface area contributed by atoms with Crippen molar-refractivity contribution in [1.29, 1.82) is 0 Å². The minimum Gasteiger partial charge on any atom is -0.494 e. The van der Waals surface area contributed by atoms with Crippen LogP contribution in [0.5, 0.6) is 5.75 Å². The van der Waals surface area contributed by atoms with Crippen LogP contribution in [0.25, 0.3) is 6.08 Å². The van der Waals surface area contributed by atoms with Gasteiger partial charge in [-0.2, -0.15) is 4.39 Å². The molecule has 15 heavy (non-hydrogen) atoms. The van der Waals surface area contributed by atoms with Crippen LogP contribution in [0.3, 0.4) is 0 Å². The number of benzene rings is 1. The van der Waals surface area contributed by atoms with Crippen LogP contribution < -0.4 is 4.74 Å². The monoisotopic (exact) mass is 214 g/mol. The van der Waals surface area contributed by atoms with Gasteiger partial charge in [0.2, 0.25) is 5.82 Å². The van der Waals surface area contributed by atoms with Gasteiger partial charge in [0.25, 0.3) is 0 Å². The lowest BCUT2D eigenvalue weighted by Crippen LogP contribution is -1.95. The van der Waals surface area contributed by atoms with Crippen molar-refractivity contribution in [3.8, 4) is 5.75 Å². The number of halogens is 2. The van der Waals surface area contributed by atoms with Crippen LogP contribution in [0, 0.1) is 11.6 Å². The molecule has 3 nitrogen and oxygen atoms in total. The Kier molecular flexibility index (Phi) is 3.38. The van der Waals surface area contributed by atoms with Gasteiger partial charge in [-0.05, 0) is 18.2 Å². The maximum absolute atomic E-state index is 13.2. The van der Waals surface area contributed by atoms with Gasteiger partial charge < -0.3 is 9.84 Å². The van der Waals surface area contributed by atoms with E-state index in [1.807, 2.05) is 0 Å². The molecule has 0 unspecified atom stereocenters. The number of ether oxygens (including phenoxy) is 1. The second-order valence-corrected chi connectivity index (χ2v) is 2.66. The van der Waals surface area contributed by atoms with E-state index in [0.717, 1.165) is 12.2 Å². The van der Waals surface area contributed by atoms with Crippen molar-refractivity contribution >= 4 is 12.0 Å². The third-order valence-corrected chi connectivity index (χ3v) is 1.70. The highest BCUT2D eigenvalue weighted by molar-refractivity contribution is 5.85. The quantitative estimate of drug-likeness (QED) is 0.783. The summed E-state index contributed by atoms with van der Waals surface area (Å²) in [7, 11) is 1.21. The third kappa shape index (κ3) is 2.52. The van der Waals surface area contributed by atoms with Gasteiger partial charge in [0, 0.05) is 11.6 Å². The molecule has 1 N–H and O–H groups in total. The molecule has 0 heterocycles. The summed E-state index contributed by atoms with van der Waals surface area (Å²) in [6, 6.07) is 2.45. The topological polar surface area (TPSA) is 46.5 Å².